The van der Waals surface area contributed by atoms with E-state index in [0.29, 0.717) is 18.7 Å². The third-order valence-corrected chi connectivity index (χ3v) is 4.93. The first-order valence-corrected chi connectivity index (χ1v) is 8.50. The number of hydrogen-bond acceptors (Lipinski definition) is 5. The van der Waals surface area contributed by atoms with Crippen LogP contribution in [0.3, 0.4) is 0 Å². The lowest BCUT2D eigenvalue weighted by atomic mass is 9.92. The smallest absolute Gasteiger partial charge is 0.325 e. The van der Waals surface area contributed by atoms with E-state index in [1.165, 1.54) is 31.2 Å². The molecule has 2 fully saturated rings. The van der Waals surface area contributed by atoms with E-state index in [2.05, 4.69) is 5.32 Å². The first kappa shape index (κ1) is 17.8. The van der Waals surface area contributed by atoms with E-state index in [1.807, 2.05) is 0 Å². The van der Waals surface area contributed by atoms with Gasteiger partial charge in [-0.3, -0.25) is 24.6 Å². The predicted octanol–water partition coefficient (Wildman–Crippen LogP) is 1.37. The van der Waals surface area contributed by atoms with E-state index < -0.39 is 22.4 Å². The van der Waals surface area contributed by atoms with Crippen LogP contribution in [0.2, 0.25) is 0 Å². The molecule has 1 N–H and O–H groups in total. The summed E-state index contributed by atoms with van der Waals surface area (Å²) < 4.78 is 0. The molecule has 2 aliphatic heterocycles. The molecule has 9 heteroatoms. The molecule has 2 saturated heterocycles. The number of nitrogens with one attached hydrogen (secondary N) is 1. The number of carbonyl (C=O) groups excluding carboxylic acids is 3. The van der Waals surface area contributed by atoms with Crippen molar-refractivity contribution < 1.29 is 19.3 Å². The summed E-state index contributed by atoms with van der Waals surface area (Å²) in [5.41, 5.74) is -1.03. The van der Waals surface area contributed by atoms with Gasteiger partial charge in [-0.1, -0.05) is 0 Å². The van der Waals surface area contributed by atoms with Crippen LogP contribution < -0.4 is 5.32 Å². The Hall–Kier alpha value is -2.97. The van der Waals surface area contributed by atoms with Crippen LogP contribution in [-0.4, -0.2) is 52.2 Å². The summed E-state index contributed by atoms with van der Waals surface area (Å²) >= 11 is 0. The van der Waals surface area contributed by atoms with Gasteiger partial charge in [-0.15, -0.1) is 0 Å². The maximum atomic E-state index is 12.8. The van der Waals surface area contributed by atoms with E-state index in [4.69, 9.17) is 0 Å². The number of urea groups is 1. The highest BCUT2D eigenvalue weighted by Crippen LogP contribution is 2.30. The molecule has 0 saturated carbocycles. The molecule has 2 aliphatic rings. The standard InChI is InChI=1S/C17H20N4O5/c1-17(12-5-7-13(8-6-12)21(25)26)15(23)20(16(24)18-17)11-14(22)19-9-3-2-4-10-19/h5-8H,2-4,9-11H2,1H3,(H,18,24)/t17-/m0/s1. The molecule has 0 spiro atoms. The Balaban J connectivity index is 1.76. The van der Waals surface area contributed by atoms with Gasteiger partial charge in [0.1, 0.15) is 12.1 Å². The second-order valence-electron chi connectivity index (χ2n) is 6.69. The van der Waals surface area contributed by atoms with E-state index in [0.717, 1.165) is 24.2 Å². The molecule has 26 heavy (non-hydrogen) atoms. The van der Waals surface area contributed by atoms with Crippen molar-refractivity contribution in [2.75, 3.05) is 19.6 Å². The average Bonchev–Trinajstić information content (AvgIpc) is 2.86. The highest BCUT2D eigenvalue weighted by molar-refractivity contribution is 6.09. The highest BCUT2D eigenvalue weighted by Gasteiger charge is 2.49. The summed E-state index contributed by atoms with van der Waals surface area (Å²) in [5.74, 6) is -0.789. The van der Waals surface area contributed by atoms with Crippen LogP contribution in [0.1, 0.15) is 31.7 Å². The van der Waals surface area contributed by atoms with Gasteiger partial charge in [0.25, 0.3) is 11.6 Å². The number of nitro groups is 1. The van der Waals surface area contributed by atoms with Gasteiger partial charge in [0, 0.05) is 25.2 Å². The molecular formula is C17H20N4O5. The topological polar surface area (TPSA) is 113 Å². The number of nitrogens with zero attached hydrogens (tertiary/aromatic N) is 3. The number of amides is 4. The van der Waals surface area contributed by atoms with Crippen LogP contribution in [0.25, 0.3) is 0 Å². The van der Waals surface area contributed by atoms with Crippen molar-refractivity contribution in [1.29, 1.82) is 0 Å². The summed E-state index contributed by atoms with van der Waals surface area (Å²) in [5, 5.41) is 13.4. The molecule has 1 aromatic rings. The van der Waals surface area contributed by atoms with Gasteiger partial charge in [-0.2, -0.15) is 0 Å². The van der Waals surface area contributed by atoms with Crippen LogP contribution in [0.4, 0.5) is 10.5 Å². The summed E-state index contributed by atoms with van der Waals surface area (Å²) in [6.45, 7) is 2.51. The van der Waals surface area contributed by atoms with E-state index in [-0.39, 0.29) is 18.1 Å². The monoisotopic (exact) mass is 360 g/mol. The number of hydrogen-bond donors (Lipinski definition) is 1. The van der Waals surface area contributed by atoms with Crippen molar-refractivity contribution in [2.45, 2.75) is 31.7 Å². The van der Waals surface area contributed by atoms with Crippen molar-refractivity contribution in [3.8, 4) is 0 Å². The fourth-order valence-electron chi connectivity index (χ4n) is 3.33. The molecule has 2 heterocycles. The quantitative estimate of drug-likeness (QED) is 0.495. The van der Waals surface area contributed by atoms with E-state index in [1.54, 1.807) is 4.90 Å². The van der Waals surface area contributed by atoms with E-state index in [9.17, 15) is 24.5 Å². The third kappa shape index (κ3) is 3.12. The van der Waals surface area contributed by atoms with Crippen LogP contribution in [-0.2, 0) is 15.1 Å². The summed E-state index contributed by atoms with van der Waals surface area (Å²) in [6.07, 6.45) is 2.92. The predicted molar refractivity (Wildman–Crippen MR) is 91.1 cm³/mol. The summed E-state index contributed by atoms with van der Waals surface area (Å²) in [7, 11) is 0. The summed E-state index contributed by atoms with van der Waals surface area (Å²) in [6, 6.07) is 4.79. The fraction of sp³-hybridized carbons (Fsp3) is 0.471. The molecule has 0 aromatic heterocycles. The average molecular weight is 360 g/mol. The largest absolute Gasteiger partial charge is 0.341 e. The first-order chi connectivity index (χ1) is 12.3. The Bertz CT molecular complexity index is 757. The maximum Gasteiger partial charge on any atom is 0.325 e. The van der Waals surface area contributed by atoms with Gasteiger partial charge >= 0.3 is 6.03 Å². The zero-order valence-electron chi connectivity index (χ0n) is 14.4. The number of rotatable bonds is 4. The Morgan fingerprint density at radius 1 is 1.19 bits per heavy atom. The SMILES string of the molecule is C[C@@]1(c2ccc([N+](=O)[O-])cc2)NC(=O)N(CC(=O)N2CCCCC2)C1=O. The molecule has 0 unspecified atom stereocenters. The zero-order valence-corrected chi connectivity index (χ0v) is 14.4. The van der Waals surface area contributed by atoms with Gasteiger partial charge in [-0.05, 0) is 43.9 Å². The van der Waals surface area contributed by atoms with Gasteiger partial charge in [0.2, 0.25) is 5.91 Å². The second-order valence-corrected chi connectivity index (χ2v) is 6.69. The minimum absolute atomic E-state index is 0.105. The van der Waals surface area contributed by atoms with Gasteiger partial charge in [0.15, 0.2) is 0 Å². The lowest BCUT2D eigenvalue weighted by molar-refractivity contribution is -0.384. The molecular weight excluding hydrogens is 340 g/mol. The molecule has 4 amide bonds. The van der Waals surface area contributed by atoms with Gasteiger partial charge < -0.3 is 10.2 Å². The zero-order chi connectivity index (χ0) is 18.9. The number of piperidine rings is 1. The molecule has 1 atom stereocenters. The molecule has 0 bridgehead atoms. The van der Waals surface area contributed by atoms with Crippen LogP contribution in [0, 0.1) is 10.1 Å². The normalized spacial score (nSPS) is 23.1. The van der Waals surface area contributed by atoms with Gasteiger partial charge in [0.05, 0.1) is 4.92 Å². The van der Waals surface area contributed by atoms with Crippen molar-refractivity contribution in [3.63, 3.8) is 0 Å². The lowest BCUT2D eigenvalue weighted by Crippen LogP contribution is -2.45. The number of benzene rings is 1. The molecule has 0 radical (unpaired) electrons. The molecule has 9 nitrogen and oxygen atoms in total. The third-order valence-electron chi connectivity index (χ3n) is 4.93. The fourth-order valence-corrected chi connectivity index (χ4v) is 3.33. The molecule has 0 aliphatic carbocycles. The first-order valence-electron chi connectivity index (χ1n) is 8.50. The van der Waals surface area contributed by atoms with Gasteiger partial charge in [-0.25, -0.2) is 4.79 Å². The second kappa shape index (κ2) is 6.74. The number of non-ortho nitro benzene ring substituents is 1. The van der Waals surface area contributed by atoms with E-state index >= 15 is 0 Å². The van der Waals surface area contributed by atoms with Crippen LogP contribution in [0.15, 0.2) is 24.3 Å². The maximum absolute atomic E-state index is 12.8. The number of imide groups is 1. The molecule has 138 valence electrons. The van der Waals surface area contributed by atoms with Crippen LogP contribution in [0.5, 0.6) is 0 Å². The lowest BCUT2D eigenvalue weighted by Gasteiger charge is -2.28. The van der Waals surface area contributed by atoms with Crippen molar-refractivity contribution >= 4 is 23.5 Å². The summed E-state index contributed by atoms with van der Waals surface area (Å²) in [4.78, 5) is 50.3. The Kier molecular flexibility index (Phi) is 4.62. The molecule has 3 rings (SSSR count). The Morgan fingerprint density at radius 3 is 2.38 bits per heavy atom. The number of nitro benzene ring substituents is 1. The minimum atomic E-state index is -1.35. The molecule has 1 aromatic carbocycles. The Morgan fingerprint density at radius 2 is 1.81 bits per heavy atom. The number of carbonyl (C=O) groups is 3. The van der Waals surface area contributed by atoms with Crippen molar-refractivity contribution in [2.24, 2.45) is 0 Å². The van der Waals surface area contributed by atoms with Crippen LogP contribution >= 0.6 is 0 Å². The Labute approximate surface area is 150 Å². The van der Waals surface area contributed by atoms with Crippen molar-refractivity contribution in [3.05, 3.63) is 39.9 Å². The highest BCUT2D eigenvalue weighted by atomic mass is 16.6. The van der Waals surface area contributed by atoms with Crippen molar-refractivity contribution in [1.82, 2.24) is 15.1 Å². The minimum Gasteiger partial charge on any atom is -0.341 e. The number of likely N-dealkylation sites (tertiary alicyclic amines) is 1.